The number of methoxy groups -OCH3 is 1. The van der Waals surface area contributed by atoms with Gasteiger partial charge in [-0.15, -0.1) is 0 Å². The summed E-state index contributed by atoms with van der Waals surface area (Å²) in [6.07, 6.45) is 0.610. The van der Waals surface area contributed by atoms with E-state index >= 15 is 0 Å². The largest absolute Gasteiger partial charge is 0.384 e. The van der Waals surface area contributed by atoms with Crippen LogP contribution in [0.1, 0.15) is 15.9 Å². The van der Waals surface area contributed by atoms with Gasteiger partial charge in [0, 0.05) is 12.8 Å². The quantitative estimate of drug-likeness (QED) is 0.917. The second-order valence-electron chi connectivity index (χ2n) is 4.46. The van der Waals surface area contributed by atoms with Crippen LogP contribution in [0, 0.1) is 11.6 Å². The monoisotopic (exact) mass is 291 g/mol. The minimum Gasteiger partial charge on any atom is -0.384 e. The molecule has 110 valence electrons. The number of para-hydroxylation sites is 1. The average Bonchev–Trinajstić information content (AvgIpc) is 2.49. The van der Waals surface area contributed by atoms with Crippen LogP contribution in [0.15, 0.2) is 42.5 Å². The fraction of sp³-hybridized carbons (Fsp3) is 0.188. The van der Waals surface area contributed by atoms with Gasteiger partial charge in [-0.1, -0.05) is 24.3 Å². The Labute approximate surface area is 121 Å². The van der Waals surface area contributed by atoms with E-state index in [0.717, 1.165) is 11.6 Å². The zero-order valence-corrected chi connectivity index (χ0v) is 11.5. The Hall–Kier alpha value is -2.27. The molecule has 0 saturated carbocycles. The van der Waals surface area contributed by atoms with Gasteiger partial charge in [0.25, 0.3) is 5.91 Å². The first-order valence-electron chi connectivity index (χ1n) is 6.45. The van der Waals surface area contributed by atoms with Crippen molar-refractivity contribution in [2.45, 2.75) is 6.42 Å². The summed E-state index contributed by atoms with van der Waals surface area (Å²) in [7, 11) is 1.59. The molecule has 0 bridgehead atoms. The molecule has 0 saturated heterocycles. The minimum absolute atomic E-state index is 0.323. The number of hydrogen-bond donors (Lipinski definition) is 1. The van der Waals surface area contributed by atoms with E-state index in [1.165, 1.54) is 12.1 Å². The molecule has 21 heavy (non-hydrogen) atoms. The summed E-state index contributed by atoms with van der Waals surface area (Å²) in [5.74, 6) is -2.88. The number of hydrogen-bond acceptors (Lipinski definition) is 2. The Balaban J connectivity index is 2.22. The molecule has 0 radical (unpaired) electrons. The lowest BCUT2D eigenvalue weighted by molar-refractivity contribution is 0.102. The predicted molar refractivity (Wildman–Crippen MR) is 76.3 cm³/mol. The molecule has 1 N–H and O–H groups in total. The van der Waals surface area contributed by atoms with Crippen molar-refractivity contribution in [2.24, 2.45) is 0 Å². The number of nitrogens with one attached hydrogen (secondary N) is 1. The van der Waals surface area contributed by atoms with Crippen LogP contribution >= 0.6 is 0 Å². The van der Waals surface area contributed by atoms with Gasteiger partial charge in [-0.2, -0.15) is 0 Å². The Morgan fingerprint density at radius 3 is 2.67 bits per heavy atom. The summed E-state index contributed by atoms with van der Waals surface area (Å²) in [6, 6.07) is 10.7. The molecule has 1 amide bonds. The third kappa shape index (κ3) is 3.64. The smallest absolute Gasteiger partial charge is 0.258 e. The molecular formula is C16H15F2NO2. The summed E-state index contributed by atoms with van der Waals surface area (Å²) < 4.78 is 31.8. The van der Waals surface area contributed by atoms with Gasteiger partial charge >= 0.3 is 0 Å². The van der Waals surface area contributed by atoms with Crippen LogP contribution in [0.5, 0.6) is 0 Å². The zero-order chi connectivity index (χ0) is 15.2. The van der Waals surface area contributed by atoms with Gasteiger partial charge in [0.05, 0.1) is 12.2 Å². The van der Waals surface area contributed by atoms with Gasteiger partial charge < -0.3 is 10.1 Å². The molecule has 0 aliphatic rings. The molecule has 2 aromatic carbocycles. The number of ether oxygens (including phenoxy) is 1. The van der Waals surface area contributed by atoms with Crippen molar-refractivity contribution in [3.63, 3.8) is 0 Å². The van der Waals surface area contributed by atoms with Gasteiger partial charge in [-0.25, -0.2) is 8.78 Å². The van der Waals surface area contributed by atoms with Crippen molar-refractivity contribution < 1.29 is 18.3 Å². The molecule has 2 aromatic rings. The summed E-state index contributed by atoms with van der Waals surface area (Å²) in [6.45, 7) is 0.501. The molecule has 0 spiro atoms. The number of carbonyl (C=O) groups is 1. The minimum atomic E-state index is -1.15. The Bertz CT molecular complexity index is 644. The lowest BCUT2D eigenvalue weighted by atomic mass is 10.1. The van der Waals surface area contributed by atoms with E-state index in [9.17, 15) is 13.6 Å². The maximum atomic E-state index is 13.6. The highest BCUT2D eigenvalue weighted by Crippen LogP contribution is 2.18. The average molecular weight is 291 g/mol. The number of rotatable bonds is 5. The highest BCUT2D eigenvalue weighted by atomic mass is 19.2. The first kappa shape index (κ1) is 15.1. The van der Waals surface area contributed by atoms with Gasteiger partial charge in [-0.05, 0) is 30.2 Å². The van der Waals surface area contributed by atoms with Crippen molar-refractivity contribution in [3.05, 3.63) is 65.2 Å². The molecule has 2 rings (SSSR count). The van der Waals surface area contributed by atoms with Crippen molar-refractivity contribution in [2.75, 3.05) is 19.0 Å². The lowest BCUT2D eigenvalue weighted by Gasteiger charge is -2.11. The maximum Gasteiger partial charge on any atom is 0.258 e. The van der Waals surface area contributed by atoms with Gasteiger partial charge in [0.15, 0.2) is 11.6 Å². The molecular weight excluding hydrogens is 276 g/mol. The Morgan fingerprint density at radius 2 is 1.90 bits per heavy atom. The van der Waals surface area contributed by atoms with Crippen molar-refractivity contribution >= 4 is 11.6 Å². The number of amides is 1. The first-order chi connectivity index (χ1) is 10.1. The second-order valence-corrected chi connectivity index (χ2v) is 4.46. The molecule has 0 aromatic heterocycles. The number of carbonyl (C=O) groups excluding carboxylic acids is 1. The Morgan fingerprint density at radius 1 is 1.14 bits per heavy atom. The molecule has 3 nitrogen and oxygen atoms in total. The van der Waals surface area contributed by atoms with E-state index in [0.29, 0.717) is 18.7 Å². The maximum absolute atomic E-state index is 13.6. The van der Waals surface area contributed by atoms with E-state index in [1.54, 1.807) is 19.2 Å². The standard InChI is InChI=1S/C16H15F2NO2/c1-21-10-9-11-5-2-3-8-14(11)19-16(20)12-6-4-7-13(17)15(12)18/h2-8H,9-10H2,1H3,(H,19,20). The normalized spacial score (nSPS) is 10.4. The van der Waals surface area contributed by atoms with E-state index in [4.69, 9.17) is 4.74 Å². The predicted octanol–water partition coefficient (Wildman–Crippen LogP) is 3.41. The third-order valence-electron chi connectivity index (χ3n) is 3.04. The van der Waals surface area contributed by atoms with E-state index in [1.807, 2.05) is 12.1 Å². The van der Waals surface area contributed by atoms with Gasteiger partial charge in [0.2, 0.25) is 0 Å². The lowest BCUT2D eigenvalue weighted by Crippen LogP contribution is -2.16. The third-order valence-corrected chi connectivity index (χ3v) is 3.04. The Kier molecular flexibility index (Phi) is 5.00. The summed E-state index contributed by atoms with van der Waals surface area (Å²) >= 11 is 0. The van der Waals surface area contributed by atoms with E-state index in [-0.39, 0.29) is 5.56 Å². The van der Waals surface area contributed by atoms with Crippen LogP contribution in [0.3, 0.4) is 0 Å². The molecule has 0 aliphatic carbocycles. The SMILES string of the molecule is COCCc1ccccc1NC(=O)c1cccc(F)c1F. The molecule has 0 aliphatic heterocycles. The van der Waals surface area contributed by atoms with Crippen molar-refractivity contribution in [1.29, 1.82) is 0 Å². The first-order valence-corrected chi connectivity index (χ1v) is 6.45. The summed E-state index contributed by atoms with van der Waals surface area (Å²) in [5, 5.41) is 2.60. The second kappa shape index (κ2) is 6.95. The van der Waals surface area contributed by atoms with Crippen LogP contribution in [-0.2, 0) is 11.2 Å². The van der Waals surface area contributed by atoms with Gasteiger partial charge in [0.1, 0.15) is 0 Å². The van der Waals surface area contributed by atoms with Crippen LogP contribution in [-0.4, -0.2) is 19.6 Å². The highest BCUT2D eigenvalue weighted by molar-refractivity contribution is 6.04. The zero-order valence-electron chi connectivity index (χ0n) is 11.5. The fourth-order valence-electron chi connectivity index (χ4n) is 1.94. The molecule has 5 heteroatoms. The molecule has 0 heterocycles. The molecule has 0 fully saturated rings. The van der Waals surface area contributed by atoms with Crippen LogP contribution in [0.2, 0.25) is 0 Å². The molecule has 0 atom stereocenters. The summed E-state index contributed by atoms with van der Waals surface area (Å²) in [5.41, 5.74) is 1.10. The van der Waals surface area contributed by atoms with Gasteiger partial charge in [-0.3, -0.25) is 4.79 Å². The number of anilines is 1. The van der Waals surface area contributed by atoms with Crippen LogP contribution in [0.4, 0.5) is 14.5 Å². The van der Waals surface area contributed by atoms with Crippen molar-refractivity contribution in [1.82, 2.24) is 0 Å². The van der Waals surface area contributed by atoms with E-state index in [2.05, 4.69) is 5.32 Å². The fourth-order valence-corrected chi connectivity index (χ4v) is 1.94. The van der Waals surface area contributed by atoms with Crippen LogP contribution in [0.25, 0.3) is 0 Å². The highest BCUT2D eigenvalue weighted by Gasteiger charge is 2.16. The summed E-state index contributed by atoms with van der Waals surface area (Å²) in [4.78, 5) is 12.1. The molecule has 0 unspecified atom stereocenters. The van der Waals surface area contributed by atoms with E-state index < -0.39 is 17.5 Å². The topological polar surface area (TPSA) is 38.3 Å². The number of halogens is 2. The van der Waals surface area contributed by atoms with Crippen LogP contribution < -0.4 is 5.32 Å². The van der Waals surface area contributed by atoms with Crippen molar-refractivity contribution in [3.8, 4) is 0 Å². The number of benzene rings is 2.